The molecule has 0 aliphatic carbocycles. The zero-order chi connectivity index (χ0) is 24.1. The monoisotopic (exact) mass is 473 g/mol. The number of rotatable bonds is 5. The minimum absolute atomic E-state index is 0.0602. The molecular weight excluding hydrogens is 443 g/mol. The Morgan fingerprint density at radius 3 is 2.15 bits per heavy atom. The number of carbonyl (C=O) groups excluding carboxylic acids is 2. The quantitative estimate of drug-likeness (QED) is 0.663. The minimum Gasteiger partial charge on any atom is -0.342 e. The van der Waals surface area contributed by atoms with Gasteiger partial charge in [-0.2, -0.15) is 13.2 Å². The molecule has 0 aromatic heterocycles. The van der Waals surface area contributed by atoms with Crippen molar-refractivity contribution in [3.05, 3.63) is 71.3 Å². The van der Waals surface area contributed by atoms with E-state index >= 15 is 0 Å². The normalized spacial score (nSPS) is 19.8. The largest absolute Gasteiger partial charge is 0.416 e. The van der Waals surface area contributed by atoms with Gasteiger partial charge in [0.25, 0.3) is 0 Å². The van der Waals surface area contributed by atoms with Crippen LogP contribution in [0.25, 0.3) is 0 Å². The maximum atomic E-state index is 13.1. The van der Waals surface area contributed by atoms with Crippen LogP contribution < -0.4 is 0 Å². The smallest absolute Gasteiger partial charge is 0.342 e. The lowest BCUT2D eigenvalue weighted by molar-refractivity contribution is -0.142. The van der Waals surface area contributed by atoms with Crippen molar-refractivity contribution in [2.75, 3.05) is 39.3 Å². The van der Waals surface area contributed by atoms with Crippen molar-refractivity contribution in [2.24, 2.45) is 5.92 Å². The molecule has 2 aromatic carbocycles. The summed E-state index contributed by atoms with van der Waals surface area (Å²) in [4.78, 5) is 31.7. The molecule has 2 aliphatic heterocycles. The van der Waals surface area contributed by atoms with Gasteiger partial charge in [-0.1, -0.05) is 42.5 Å². The van der Waals surface area contributed by atoms with E-state index in [1.54, 1.807) is 0 Å². The molecule has 182 valence electrons. The minimum atomic E-state index is -4.33. The van der Waals surface area contributed by atoms with Crippen LogP contribution in [0.1, 0.15) is 29.5 Å². The molecule has 2 fully saturated rings. The summed E-state index contributed by atoms with van der Waals surface area (Å²) in [6, 6.07) is 14.9. The van der Waals surface area contributed by atoms with Crippen molar-refractivity contribution < 1.29 is 22.8 Å². The van der Waals surface area contributed by atoms with E-state index < -0.39 is 11.7 Å². The zero-order valence-electron chi connectivity index (χ0n) is 19.1. The summed E-state index contributed by atoms with van der Waals surface area (Å²) in [6.45, 7) is 4.26. The third-order valence-electron chi connectivity index (χ3n) is 6.69. The summed E-state index contributed by atoms with van der Waals surface area (Å²) in [5.41, 5.74) is 1.16. The van der Waals surface area contributed by atoms with Crippen molar-refractivity contribution in [2.45, 2.75) is 32.0 Å². The molecule has 0 bridgehead atoms. The van der Waals surface area contributed by atoms with Crippen LogP contribution in [0.3, 0.4) is 0 Å². The Hall–Kier alpha value is -2.87. The van der Waals surface area contributed by atoms with E-state index in [4.69, 9.17) is 0 Å². The topological polar surface area (TPSA) is 43.9 Å². The second kappa shape index (κ2) is 10.6. The van der Waals surface area contributed by atoms with E-state index in [-0.39, 0.29) is 17.7 Å². The van der Waals surface area contributed by atoms with Crippen LogP contribution in [0.5, 0.6) is 0 Å². The number of halogens is 3. The third kappa shape index (κ3) is 6.17. The molecule has 34 heavy (non-hydrogen) atoms. The molecule has 2 amide bonds. The predicted octanol–water partition coefficient (Wildman–Crippen LogP) is 3.83. The number of alkyl halides is 3. The van der Waals surface area contributed by atoms with Crippen molar-refractivity contribution in [1.29, 1.82) is 0 Å². The Balaban J connectivity index is 1.25. The fourth-order valence-electron chi connectivity index (χ4n) is 4.73. The molecular formula is C26H30F3N3O2. The number of amides is 2. The molecule has 2 aromatic rings. The molecule has 2 heterocycles. The summed E-state index contributed by atoms with van der Waals surface area (Å²) in [7, 11) is 0. The molecule has 1 atom stereocenters. The maximum Gasteiger partial charge on any atom is 0.416 e. The van der Waals surface area contributed by atoms with E-state index in [0.29, 0.717) is 52.2 Å². The summed E-state index contributed by atoms with van der Waals surface area (Å²) in [5, 5.41) is 0. The van der Waals surface area contributed by atoms with Crippen LogP contribution in [0.15, 0.2) is 54.6 Å². The average molecular weight is 474 g/mol. The van der Waals surface area contributed by atoms with Gasteiger partial charge in [0.2, 0.25) is 11.8 Å². The predicted molar refractivity (Wildman–Crippen MR) is 123 cm³/mol. The van der Waals surface area contributed by atoms with E-state index in [2.05, 4.69) is 4.90 Å². The average Bonchev–Trinajstić information content (AvgIpc) is 2.84. The second-order valence-electron chi connectivity index (χ2n) is 9.14. The highest BCUT2D eigenvalue weighted by molar-refractivity contribution is 5.82. The van der Waals surface area contributed by atoms with Crippen molar-refractivity contribution in [3.8, 4) is 0 Å². The second-order valence-corrected chi connectivity index (χ2v) is 9.14. The van der Waals surface area contributed by atoms with Crippen LogP contribution >= 0.6 is 0 Å². The fourth-order valence-corrected chi connectivity index (χ4v) is 4.73. The molecule has 0 radical (unpaired) electrons. The number of likely N-dealkylation sites (tertiary alicyclic amines) is 1. The van der Waals surface area contributed by atoms with Gasteiger partial charge in [-0.05, 0) is 36.1 Å². The van der Waals surface area contributed by atoms with Gasteiger partial charge in [0.15, 0.2) is 0 Å². The van der Waals surface area contributed by atoms with Crippen molar-refractivity contribution in [1.82, 2.24) is 14.7 Å². The van der Waals surface area contributed by atoms with Gasteiger partial charge in [-0.15, -0.1) is 0 Å². The van der Waals surface area contributed by atoms with Crippen LogP contribution in [0.2, 0.25) is 0 Å². The molecule has 1 unspecified atom stereocenters. The van der Waals surface area contributed by atoms with Crippen LogP contribution in [0.4, 0.5) is 13.2 Å². The lowest BCUT2D eigenvalue weighted by Gasteiger charge is -2.39. The lowest BCUT2D eigenvalue weighted by Crippen LogP contribution is -2.52. The molecule has 0 N–H and O–H groups in total. The number of nitrogens with zero attached hydrogens (tertiary/aromatic N) is 3. The fraction of sp³-hybridized carbons (Fsp3) is 0.462. The number of piperazine rings is 1. The van der Waals surface area contributed by atoms with Gasteiger partial charge >= 0.3 is 6.18 Å². The standard InChI is InChI=1S/C26H30F3N3O2/c27-26(28,29)23-10-8-21(9-11-23)18-30-13-15-31(16-14-30)25(34)22-7-4-12-32(19-22)24(33)17-20-5-2-1-3-6-20/h1-3,5-6,8-11,22H,4,7,12-19H2. The summed E-state index contributed by atoms with van der Waals surface area (Å²) in [6.07, 6.45) is -2.36. The first-order valence-corrected chi connectivity index (χ1v) is 11.8. The summed E-state index contributed by atoms with van der Waals surface area (Å²) in [5.74, 6) is -0.00797. The van der Waals surface area contributed by atoms with Gasteiger partial charge in [0, 0.05) is 45.8 Å². The number of piperidine rings is 1. The van der Waals surface area contributed by atoms with E-state index in [0.717, 1.165) is 36.1 Å². The molecule has 5 nitrogen and oxygen atoms in total. The van der Waals surface area contributed by atoms with E-state index in [1.807, 2.05) is 40.1 Å². The SMILES string of the molecule is O=C(Cc1ccccc1)N1CCCC(C(=O)N2CCN(Cc3ccc(C(F)(F)F)cc3)CC2)C1. The third-order valence-corrected chi connectivity index (χ3v) is 6.69. The summed E-state index contributed by atoms with van der Waals surface area (Å²) >= 11 is 0. The number of hydrogen-bond acceptors (Lipinski definition) is 3. The molecule has 0 saturated carbocycles. The molecule has 4 rings (SSSR count). The Kier molecular flexibility index (Phi) is 7.56. The Bertz CT molecular complexity index is 971. The summed E-state index contributed by atoms with van der Waals surface area (Å²) < 4.78 is 38.2. The lowest BCUT2D eigenvalue weighted by atomic mass is 9.95. The van der Waals surface area contributed by atoms with Gasteiger partial charge in [0.05, 0.1) is 17.9 Å². The van der Waals surface area contributed by atoms with Crippen LogP contribution in [-0.4, -0.2) is 65.8 Å². The van der Waals surface area contributed by atoms with E-state index in [9.17, 15) is 22.8 Å². The maximum absolute atomic E-state index is 13.1. The first kappa shape index (κ1) is 24.3. The first-order valence-electron chi connectivity index (χ1n) is 11.8. The van der Waals surface area contributed by atoms with Gasteiger partial charge in [-0.3, -0.25) is 14.5 Å². The molecule has 2 aliphatic rings. The Labute approximate surface area is 198 Å². The Morgan fingerprint density at radius 1 is 0.824 bits per heavy atom. The van der Waals surface area contributed by atoms with Crippen molar-refractivity contribution in [3.63, 3.8) is 0 Å². The highest BCUT2D eigenvalue weighted by atomic mass is 19.4. The van der Waals surface area contributed by atoms with Gasteiger partial charge in [0.1, 0.15) is 0 Å². The van der Waals surface area contributed by atoms with E-state index in [1.165, 1.54) is 12.1 Å². The molecule has 0 spiro atoms. The van der Waals surface area contributed by atoms with Crippen LogP contribution in [-0.2, 0) is 28.7 Å². The highest BCUT2D eigenvalue weighted by Crippen LogP contribution is 2.29. The Morgan fingerprint density at radius 2 is 1.50 bits per heavy atom. The molecule has 8 heteroatoms. The van der Waals surface area contributed by atoms with Gasteiger partial charge in [-0.25, -0.2) is 0 Å². The first-order chi connectivity index (χ1) is 16.3. The van der Waals surface area contributed by atoms with Gasteiger partial charge < -0.3 is 9.80 Å². The number of hydrogen-bond donors (Lipinski definition) is 0. The number of benzene rings is 2. The highest BCUT2D eigenvalue weighted by Gasteiger charge is 2.33. The van der Waals surface area contributed by atoms with Crippen LogP contribution in [0, 0.1) is 5.92 Å². The zero-order valence-corrected chi connectivity index (χ0v) is 19.1. The van der Waals surface area contributed by atoms with Crippen molar-refractivity contribution >= 4 is 11.8 Å². The molecule has 2 saturated heterocycles. The number of carbonyl (C=O) groups is 2.